The number of carbonyl (C=O) groups excluding carboxylic acids is 2. The number of fused-ring (bicyclic) bond motifs is 2. The lowest BCUT2D eigenvalue weighted by molar-refractivity contribution is -0.122. The van der Waals surface area contributed by atoms with Gasteiger partial charge in [0.1, 0.15) is 11.6 Å². The molecule has 0 saturated carbocycles. The first kappa shape index (κ1) is 32.1. The fourth-order valence-corrected chi connectivity index (χ4v) is 4.99. The molecule has 4 heterocycles. The molecule has 46 heavy (non-hydrogen) atoms. The number of nitrogens with zero attached hydrogens (tertiary/aromatic N) is 5. The molecule has 6 rings (SSSR count). The summed E-state index contributed by atoms with van der Waals surface area (Å²) in [5, 5.41) is 15.9. The number of aromatic amines is 2. The van der Waals surface area contributed by atoms with Crippen LogP contribution in [0.4, 0.5) is 8.78 Å². The zero-order chi connectivity index (χ0) is 32.6. The molecule has 0 atom stereocenters. The van der Waals surface area contributed by atoms with Crippen molar-refractivity contribution in [3.63, 3.8) is 0 Å². The maximum atomic E-state index is 13.3. The number of hydrogen-bond acceptors (Lipinski definition) is 5. The van der Waals surface area contributed by atoms with Crippen LogP contribution in [0.3, 0.4) is 0 Å². The summed E-state index contributed by atoms with van der Waals surface area (Å²) in [5.74, 6) is -0.537. The van der Waals surface area contributed by atoms with E-state index in [-0.39, 0.29) is 23.4 Å². The molecule has 0 radical (unpaired) electrons. The number of hydrogen-bond donors (Lipinski definition) is 4. The lowest BCUT2D eigenvalue weighted by atomic mass is 10.1. The Morgan fingerprint density at radius 1 is 0.804 bits per heavy atom. The maximum absolute atomic E-state index is 13.3. The highest BCUT2D eigenvalue weighted by atomic mass is 19.1. The topological polar surface area (TPSA) is 129 Å². The molecule has 2 amide bonds. The van der Waals surface area contributed by atoms with Crippen molar-refractivity contribution < 1.29 is 18.4 Å². The smallest absolute Gasteiger partial charge is 0.221 e. The Bertz CT molecular complexity index is 1940. The van der Waals surface area contributed by atoms with E-state index in [1.807, 2.05) is 43.8 Å². The van der Waals surface area contributed by atoms with Crippen molar-refractivity contribution in [3.05, 3.63) is 85.2 Å². The van der Waals surface area contributed by atoms with E-state index in [1.54, 1.807) is 40.9 Å². The summed E-state index contributed by atoms with van der Waals surface area (Å²) in [5.41, 5.74) is 5.31. The molecule has 4 N–H and O–H groups in total. The first-order valence-corrected chi connectivity index (χ1v) is 14.9. The van der Waals surface area contributed by atoms with Crippen LogP contribution < -0.4 is 10.6 Å². The zero-order valence-electron chi connectivity index (χ0n) is 26.0. The van der Waals surface area contributed by atoms with Crippen LogP contribution in [0.25, 0.3) is 44.1 Å². The highest BCUT2D eigenvalue weighted by Gasteiger charge is 2.11. The summed E-state index contributed by atoms with van der Waals surface area (Å²) in [6.07, 6.45) is 11.7. The van der Waals surface area contributed by atoms with Crippen LogP contribution in [0.1, 0.15) is 12.8 Å². The molecule has 0 spiro atoms. The van der Waals surface area contributed by atoms with Crippen LogP contribution in [-0.4, -0.2) is 80.5 Å². The molecule has 0 aliphatic heterocycles. The fourth-order valence-electron chi connectivity index (χ4n) is 4.99. The van der Waals surface area contributed by atoms with E-state index in [9.17, 15) is 18.4 Å². The summed E-state index contributed by atoms with van der Waals surface area (Å²) in [7, 11) is 5.55. The van der Waals surface area contributed by atoms with E-state index in [1.165, 1.54) is 24.3 Å². The minimum absolute atomic E-state index is 0.0152. The number of aromatic nitrogens is 6. The van der Waals surface area contributed by atoms with Gasteiger partial charge in [-0.3, -0.25) is 19.0 Å². The first-order chi connectivity index (χ1) is 22.2. The van der Waals surface area contributed by atoms with Crippen LogP contribution in [0.5, 0.6) is 0 Å². The van der Waals surface area contributed by atoms with Crippen molar-refractivity contribution in [2.45, 2.75) is 25.9 Å². The second kappa shape index (κ2) is 14.7. The van der Waals surface area contributed by atoms with Gasteiger partial charge < -0.3 is 25.5 Å². The molecule has 4 aromatic heterocycles. The average molecular weight is 630 g/mol. The van der Waals surface area contributed by atoms with Gasteiger partial charge in [-0.25, -0.2) is 8.78 Å². The molecule has 0 fully saturated rings. The van der Waals surface area contributed by atoms with E-state index in [2.05, 4.69) is 30.8 Å². The van der Waals surface area contributed by atoms with E-state index in [0.29, 0.717) is 32.5 Å². The van der Waals surface area contributed by atoms with Crippen LogP contribution in [-0.2, 0) is 22.7 Å². The van der Waals surface area contributed by atoms with Gasteiger partial charge in [0.05, 0.1) is 12.4 Å². The Morgan fingerprint density at radius 2 is 1.30 bits per heavy atom. The summed E-state index contributed by atoms with van der Waals surface area (Å²) < 4.78 is 30.0. The number of likely N-dealkylation sites (N-methyl/N-ethyl adjacent to an activating group) is 1. The molecule has 13 heteroatoms. The Hall–Kier alpha value is -5.30. The Morgan fingerprint density at radius 3 is 1.78 bits per heavy atom. The average Bonchev–Trinajstić information content (AvgIpc) is 3.84. The summed E-state index contributed by atoms with van der Waals surface area (Å²) in [6, 6.07) is 9.33. The van der Waals surface area contributed by atoms with Gasteiger partial charge in [0, 0.05) is 115 Å². The predicted molar refractivity (Wildman–Crippen MR) is 174 cm³/mol. The molecule has 0 unspecified atom stereocenters. The third kappa shape index (κ3) is 8.04. The molecule has 6 aromatic rings. The number of nitrogens with one attached hydrogen (secondary N) is 4. The lowest BCUT2D eigenvalue weighted by Crippen LogP contribution is -2.31. The van der Waals surface area contributed by atoms with Gasteiger partial charge in [0.25, 0.3) is 0 Å². The van der Waals surface area contributed by atoms with Gasteiger partial charge in [-0.05, 0) is 50.5 Å². The summed E-state index contributed by atoms with van der Waals surface area (Å²) >= 11 is 0. The van der Waals surface area contributed by atoms with Crippen molar-refractivity contribution in [2.75, 3.05) is 34.2 Å². The SMILES string of the molecule is CN(C)CCNC(=O)CCn1cc(-c2c[nH]c3cc(F)ccc23)cn1.CNC(=O)CCn1cc(-c2c[nH]c3cc(F)ccc23)cn1. The standard InChI is InChI=1S/C18H22FN5O.C15H15FN4O/c1-23(2)8-6-20-18(25)5-7-24-12-13(10-22-24)16-11-21-17-9-14(19)3-4-15(16)17;1-17-15(21)4-5-20-9-10(7-19-20)13-8-18-14-6-11(16)2-3-12(13)14/h3-4,9-12,21H,5-8H2,1-2H3,(H,20,25);2-3,6-9,18H,4-5H2,1H3,(H,17,21). The number of H-pyrrole nitrogens is 2. The number of aryl methyl sites for hydroxylation is 2. The lowest BCUT2D eigenvalue weighted by Gasteiger charge is -2.10. The van der Waals surface area contributed by atoms with Gasteiger partial charge in [-0.15, -0.1) is 0 Å². The van der Waals surface area contributed by atoms with Gasteiger partial charge in [0.15, 0.2) is 0 Å². The van der Waals surface area contributed by atoms with Crippen LogP contribution in [0.15, 0.2) is 73.6 Å². The van der Waals surface area contributed by atoms with E-state index >= 15 is 0 Å². The second-order valence-corrected chi connectivity index (χ2v) is 11.1. The minimum Gasteiger partial charge on any atom is -0.360 e. The maximum Gasteiger partial charge on any atom is 0.221 e. The monoisotopic (exact) mass is 629 g/mol. The van der Waals surface area contributed by atoms with Gasteiger partial charge in [-0.1, -0.05) is 0 Å². The van der Waals surface area contributed by atoms with Crippen LogP contribution in [0.2, 0.25) is 0 Å². The number of benzene rings is 2. The summed E-state index contributed by atoms with van der Waals surface area (Å²) in [6.45, 7) is 2.50. The third-order valence-corrected chi connectivity index (χ3v) is 7.47. The third-order valence-electron chi connectivity index (χ3n) is 7.47. The molecular weight excluding hydrogens is 592 g/mol. The highest BCUT2D eigenvalue weighted by Crippen LogP contribution is 2.29. The largest absolute Gasteiger partial charge is 0.360 e. The molecule has 11 nitrogen and oxygen atoms in total. The van der Waals surface area contributed by atoms with E-state index < -0.39 is 0 Å². The molecule has 2 aromatic carbocycles. The fraction of sp³-hybridized carbons (Fsp3) is 0.273. The molecule has 0 aliphatic carbocycles. The Kier molecular flexibility index (Phi) is 10.2. The van der Waals surface area contributed by atoms with Crippen molar-refractivity contribution in [1.29, 1.82) is 0 Å². The number of halogens is 2. The quantitative estimate of drug-likeness (QED) is 0.167. The number of amides is 2. The van der Waals surface area contributed by atoms with Crippen molar-refractivity contribution in [1.82, 2.24) is 45.1 Å². The molecule has 0 saturated heterocycles. The predicted octanol–water partition coefficient (Wildman–Crippen LogP) is 4.55. The number of rotatable bonds is 11. The van der Waals surface area contributed by atoms with E-state index in [0.717, 1.165) is 50.6 Å². The molecular formula is C33H37F2N9O2. The van der Waals surface area contributed by atoms with Crippen molar-refractivity contribution in [2.24, 2.45) is 0 Å². The first-order valence-electron chi connectivity index (χ1n) is 14.9. The minimum atomic E-state index is -0.267. The van der Waals surface area contributed by atoms with Crippen molar-refractivity contribution in [3.8, 4) is 22.3 Å². The Balaban J connectivity index is 0.000000184. The van der Waals surface area contributed by atoms with Crippen molar-refractivity contribution >= 4 is 33.6 Å². The Labute approximate surface area is 264 Å². The normalized spacial score (nSPS) is 11.2. The van der Waals surface area contributed by atoms with Crippen LogP contribution >= 0.6 is 0 Å². The van der Waals surface area contributed by atoms with Gasteiger partial charge in [0.2, 0.25) is 11.8 Å². The van der Waals surface area contributed by atoms with Crippen LogP contribution in [0, 0.1) is 11.6 Å². The summed E-state index contributed by atoms with van der Waals surface area (Å²) in [4.78, 5) is 31.2. The number of carbonyl (C=O) groups is 2. The zero-order valence-corrected chi connectivity index (χ0v) is 26.0. The highest BCUT2D eigenvalue weighted by molar-refractivity contribution is 5.96. The second-order valence-electron chi connectivity index (χ2n) is 11.1. The van der Waals surface area contributed by atoms with Gasteiger partial charge >= 0.3 is 0 Å². The molecule has 0 bridgehead atoms. The molecule has 0 aliphatic rings. The van der Waals surface area contributed by atoms with Gasteiger partial charge in [-0.2, -0.15) is 10.2 Å². The van der Waals surface area contributed by atoms with E-state index in [4.69, 9.17) is 0 Å². The molecule has 240 valence electrons.